The van der Waals surface area contributed by atoms with Crippen molar-refractivity contribution in [2.45, 2.75) is 12.3 Å². The molecule has 0 saturated carbocycles. The van der Waals surface area contributed by atoms with Gasteiger partial charge in [-0.3, -0.25) is 4.79 Å². The molecule has 1 aromatic carbocycles. The quantitative estimate of drug-likeness (QED) is 0.519. The average Bonchev–Trinajstić information content (AvgIpc) is 2.56. The summed E-state index contributed by atoms with van der Waals surface area (Å²) in [6.45, 7) is 0.374. The maximum atomic E-state index is 11.2. The molecule has 1 heterocycles. The first-order chi connectivity index (χ1) is 6.68. The predicted molar refractivity (Wildman–Crippen MR) is 48.1 cm³/mol. The summed E-state index contributed by atoms with van der Waals surface area (Å²) in [7, 11) is 0. The maximum absolute atomic E-state index is 11.2. The number of benzene rings is 1. The van der Waals surface area contributed by atoms with Gasteiger partial charge >= 0.3 is 5.97 Å². The van der Waals surface area contributed by atoms with Crippen molar-refractivity contribution in [3.05, 3.63) is 23.8 Å². The molecule has 74 valence electrons. The minimum atomic E-state index is -0.443. The van der Waals surface area contributed by atoms with Crippen LogP contribution in [0.4, 0.5) is 0 Å². The molecule has 1 aromatic rings. The number of aromatic hydroxyl groups is 2. The lowest BCUT2D eigenvalue weighted by molar-refractivity contribution is -0.139. The van der Waals surface area contributed by atoms with E-state index >= 15 is 0 Å². The van der Waals surface area contributed by atoms with Crippen molar-refractivity contribution < 1.29 is 19.7 Å². The third-order valence-electron chi connectivity index (χ3n) is 2.32. The molecule has 1 aliphatic heterocycles. The van der Waals surface area contributed by atoms with Crippen LogP contribution < -0.4 is 0 Å². The second-order valence-corrected chi connectivity index (χ2v) is 3.25. The molecule has 0 aromatic heterocycles. The molecule has 0 amide bonds. The van der Waals surface area contributed by atoms with Gasteiger partial charge in [0.2, 0.25) is 0 Å². The molecule has 1 saturated heterocycles. The fourth-order valence-electron chi connectivity index (χ4n) is 1.60. The van der Waals surface area contributed by atoms with E-state index in [1.807, 2.05) is 0 Å². The minimum Gasteiger partial charge on any atom is -0.508 e. The molecule has 1 atom stereocenters. The molecular formula is C10H10O4. The van der Waals surface area contributed by atoms with Crippen LogP contribution in [0.2, 0.25) is 0 Å². The van der Waals surface area contributed by atoms with Crippen molar-refractivity contribution >= 4 is 5.97 Å². The van der Waals surface area contributed by atoms with E-state index in [0.29, 0.717) is 18.6 Å². The summed E-state index contributed by atoms with van der Waals surface area (Å²) in [5.74, 6) is -0.725. The van der Waals surface area contributed by atoms with Crippen LogP contribution >= 0.6 is 0 Å². The molecule has 4 nitrogen and oxygen atoms in total. The fourth-order valence-corrected chi connectivity index (χ4v) is 1.60. The van der Waals surface area contributed by atoms with E-state index in [1.54, 1.807) is 0 Å². The van der Waals surface area contributed by atoms with Gasteiger partial charge in [-0.15, -0.1) is 0 Å². The Morgan fingerprint density at radius 3 is 2.79 bits per heavy atom. The van der Waals surface area contributed by atoms with E-state index in [2.05, 4.69) is 0 Å². The molecule has 1 fully saturated rings. The van der Waals surface area contributed by atoms with Crippen LogP contribution in [0.1, 0.15) is 17.9 Å². The largest absolute Gasteiger partial charge is 0.508 e. The van der Waals surface area contributed by atoms with Crippen molar-refractivity contribution in [2.75, 3.05) is 6.61 Å². The summed E-state index contributed by atoms with van der Waals surface area (Å²) in [4.78, 5) is 11.2. The molecule has 4 heteroatoms. The number of ether oxygens (including phenoxy) is 1. The summed E-state index contributed by atoms with van der Waals surface area (Å²) >= 11 is 0. The zero-order valence-corrected chi connectivity index (χ0v) is 7.43. The summed E-state index contributed by atoms with van der Waals surface area (Å²) in [5.41, 5.74) is 0.438. The summed E-state index contributed by atoms with van der Waals surface area (Å²) in [5, 5.41) is 18.7. The van der Waals surface area contributed by atoms with Crippen molar-refractivity contribution in [1.29, 1.82) is 0 Å². The second kappa shape index (κ2) is 3.21. The first-order valence-electron chi connectivity index (χ1n) is 4.37. The molecule has 0 unspecified atom stereocenters. The molecule has 0 aliphatic carbocycles. The highest BCUT2D eigenvalue weighted by molar-refractivity contribution is 5.81. The predicted octanol–water partition coefficient (Wildman–Crippen LogP) is 1.13. The van der Waals surface area contributed by atoms with E-state index in [4.69, 9.17) is 4.74 Å². The zero-order chi connectivity index (χ0) is 10.1. The summed E-state index contributed by atoms with van der Waals surface area (Å²) in [6.07, 6.45) is 0.551. The van der Waals surface area contributed by atoms with Crippen molar-refractivity contribution in [1.82, 2.24) is 0 Å². The molecule has 1 aliphatic rings. The van der Waals surface area contributed by atoms with Crippen LogP contribution in [0.15, 0.2) is 18.2 Å². The molecule has 0 spiro atoms. The van der Waals surface area contributed by atoms with Gasteiger partial charge in [-0.25, -0.2) is 0 Å². The Kier molecular flexibility index (Phi) is 2.04. The van der Waals surface area contributed by atoms with E-state index in [1.165, 1.54) is 18.2 Å². The Morgan fingerprint density at radius 2 is 2.14 bits per heavy atom. The molecule has 0 radical (unpaired) electrons. The Bertz CT molecular complexity index is 372. The number of hydrogen-bond acceptors (Lipinski definition) is 4. The van der Waals surface area contributed by atoms with Crippen molar-refractivity contribution in [2.24, 2.45) is 0 Å². The normalized spacial score (nSPS) is 20.9. The van der Waals surface area contributed by atoms with Gasteiger partial charge in [-0.2, -0.15) is 0 Å². The van der Waals surface area contributed by atoms with Gasteiger partial charge in [0.15, 0.2) is 0 Å². The molecule has 14 heavy (non-hydrogen) atoms. The second-order valence-electron chi connectivity index (χ2n) is 3.25. The van der Waals surface area contributed by atoms with Crippen LogP contribution in [0.25, 0.3) is 0 Å². The SMILES string of the molecule is O=C1OCC[C@@H]1c1cc(O)ccc1O. The van der Waals surface area contributed by atoms with Crippen LogP contribution in [-0.4, -0.2) is 22.8 Å². The van der Waals surface area contributed by atoms with E-state index < -0.39 is 5.92 Å². The van der Waals surface area contributed by atoms with Gasteiger partial charge < -0.3 is 14.9 Å². The fraction of sp³-hybridized carbons (Fsp3) is 0.300. The Hall–Kier alpha value is -1.71. The number of phenolic OH excluding ortho intramolecular Hbond substituents is 2. The van der Waals surface area contributed by atoms with Gasteiger partial charge in [0, 0.05) is 5.56 Å². The number of cyclic esters (lactones) is 1. The molecule has 2 rings (SSSR count). The van der Waals surface area contributed by atoms with Crippen LogP contribution in [0.3, 0.4) is 0 Å². The van der Waals surface area contributed by atoms with Gasteiger partial charge in [0.05, 0.1) is 12.5 Å². The van der Waals surface area contributed by atoms with Gasteiger partial charge in [0.25, 0.3) is 0 Å². The Morgan fingerprint density at radius 1 is 1.36 bits per heavy atom. The smallest absolute Gasteiger partial charge is 0.313 e. The van der Waals surface area contributed by atoms with Gasteiger partial charge in [-0.1, -0.05) is 0 Å². The van der Waals surface area contributed by atoms with E-state index in [0.717, 1.165) is 0 Å². The van der Waals surface area contributed by atoms with Crippen molar-refractivity contribution in [3.63, 3.8) is 0 Å². The number of carbonyl (C=O) groups excluding carboxylic acids is 1. The minimum absolute atomic E-state index is 0.0200. The highest BCUT2D eigenvalue weighted by Gasteiger charge is 2.30. The molecule has 2 N–H and O–H groups in total. The lowest BCUT2D eigenvalue weighted by Crippen LogP contribution is -2.05. The summed E-state index contributed by atoms with van der Waals surface area (Å²) in [6, 6.07) is 4.14. The number of esters is 1. The van der Waals surface area contributed by atoms with Gasteiger partial charge in [0.1, 0.15) is 11.5 Å². The van der Waals surface area contributed by atoms with E-state index in [9.17, 15) is 15.0 Å². The Labute approximate surface area is 80.7 Å². The van der Waals surface area contributed by atoms with Crippen molar-refractivity contribution in [3.8, 4) is 11.5 Å². The standard InChI is InChI=1S/C10H10O4/c11-6-1-2-9(12)8(5-6)7-3-4-14-10(7)13/h1-2,5,7,11-12H,3-4H2/t7-/m1/s1. The van der Waals surface area contributed by atoms with Crippen LogP contribution in [0.5, 0.6) is 11.5 Å². The van der Waals surface area contributed by atoms with E-state index in [-0.39, 0.29) is 17.5 Å². The lowest BCUT2D eigenvalue weighted by Gasteiger charge is -2.08. The van der Waals surface area contributed by atoms with Crippen LogP contribution in [-0.2, 0) is 9.53 Å². The monoisotopic (exact) mass is 194 g/mol. The third kappa shape index (κ3) is 1.39. The molecule has 0 bridgehead atoms. The molecular weight excluding hydrogens is 184 g/mol. The maximum Gasteiger partial charge on any atom is 0.313 e. The number of hydrogen-bond donors (Lipinski definition) is 2. The highest BCUT2D eigenvalue weighted by atomic mass is 16.5. The number of carbonyl (C=O) groups is 1. The van der Waals surface area contributed by atoms with Gasteiger partial charge in [-0.05, 0) is 24.6 Å². The third-order valence-corrected chi connectivity index (χ3v) is 2.32. The van der Waals surface area contributed by atoms with Crippen LogP contribution in [0, 0.1) is 0 Å². The highest BCUT2D eigenvalue weighted by Crippen LogP contribution is 2.34. The first-order valence-corrected chi connectivity index (χ1v) is 4.37. The zero-order valence-electron chi connectivity index (χ0n) is 7.43. The number of phenols is 2. The number of rotatable bonds is 1. The topological polar surface area (TPSA) is 66.8 Å². The lowest BCUT2D eigenvalue weighted by atomic mass is 9.97. The summed E-state index contributed by atoms with van der Waals surface area (Å²) < 4.78 is 4.78. The Balaban J connectivity index is 2.39. The average molecular weight is 194 g/mol. The first kappa shape index (κ1) is 8.87.